The summed E-state index contributed by atoms with van der Waals surface area (Å²) in [7, 11) is -3.63. The Hall–Kier alpha value is -2.92. The van der Waals surface area contributed by atoms with Crippen LogP contribution in [0, 0.1) is 17.1 Å². The van der Waals surface area contributed by atoms with E-state index in [1.807, 2.05) is 6.07 Å². The maximum atomic E-state index is 13.9. The minimum atomic E-state index is -3.63. The third-order valence-electron chi connectivity index (χ3n) is 4.98. The molecule has 3 rings (SSSR count). The summed E-state index contributed by atoms with van der Waals surface area (Å²) in [5.41, 5.74) is 0.996. The summed E-state index contributed by atoms with van der Waals surface area (Å²) in [5, 5.41) is 9.40. The second-order valence-corrected chi connectivity index (χ2v) is 9.00. The Morgan fingerprint density at radius 1 is 1.28 bits per heavy atom. The molecule has 0 saturated heterocycles. The summed E-state index contributed by atoms with van der Waals surface area (Å²) in [5.74, 6) is -2.07. The number of sulfone groups is 1. The molecule has 1 aliphatic carbocycles. The topological polar surface area (TPSA) is 92.1 Å². The molecule has 0 bridgehead atoms. The van der Waals surface area contributed by atoms with E-state index in [9.17, 15) is 32.0 Å². The predicted octanol–water partition coefficient (Wildman–Crippen LogP) is 3.36. The quantitative estimate of drug-likeness (QED) is 0.696. The van der Waals surface area contributed by atoms with Crippen LogP contribution in [0.4, 0.5) is 8.78 Å². The molecule has 0 spiro atoms. The first-order chi connectivity index (χ1) is 13.5. The lowest BCUT2D eigenvalue weighted by Crippen LogP contribution is -2.16. The van der Waals surface area contributed by atoms with Gasteiger partial charge in [0.2, 0.25) is 0 Å². The number of rotatable bonds is 5. The lowest BCUT2D eigenvalue weighted by Gasteiger charge is -2.15. The molecule has 0 aromatic heterocycles. The van der Waals surface area contributed by atoms with E-state index in [2.05, 4.69) is 0 Å². The Labute approximate surface area is 166 Å². The van der Waals surface area contributed by atoms with Crippen LogP contribution < -0.4 is 0 Å². The molecule has 2 aromatic carbocycles. The Bertz CT molecular complexity index is 1190. The van der Waals surface area contributed by atoms with Gasteiger partial charge in [0.15, 0.2) is 27.6 Å². The molecular formula is C21H17F2NO4S. The molecule has 150 valence electrons. The zero-order valence-corrected chi connectivity index (χ0v) is 16.6. The van der Waals surface area contributed by atoms with Crippen LogP contribution in [-0.2, 0) is 22.7 Å². The van der Waals surface area contributed by atoms with Crippen LogP contribution in [0.1, 0.15) is 56.3 Å². The molecule has 1 aliphatic rings. The van der Waals surface area contributed by atoms with Crippen molar-refractivity contribution in [2.24, 2.45) is 0 Å². The average molecular weight is 417 g/mol. The maximum absolute atomic E-state index is 13.9. The number of hydrogen-bond donors (Lipinski definition) is 0. The van der Waals surface area contributed by atoms with Gasteiger partial charge in [-0.05, 0) is 54.7 Å². The Morgan fingerprint density at radius 2 is 1.97 bits per heavy atom. The molecule has 29 heavy (non-hydrogen) atoms. The van der Waals surface area contributed by atoms with E-state index in [4.69, 9.17) is 0 Å². The maximum Gasteiger partial charge on any atom is 0.197 e. The summed E-state index contributed by atoms with van der Waals surface area (Å²) >= 11 is 0. The number of halogens is 2. The van der Waals surface area contributed by atoms with E-state index in [1.165, 1.54) is 12.1 Å². The van der Waals surface area contributed by atoms with Gasteiger partial charge in [-0.2, -0.15) is 5.26 Å². The fourth-order valence-electron chi connectivity index (χ4n) is 3.65. The Kier molecular flexibility index (Phi) is 5.37. The van der Waals surface area contributed by atoms with E-state index < -0.39 is 27.6 Å². The summed E-state index contributed by atoms with van der Waals surface area (Å²) in [6, 6.07) is 6.52. The second kappa shape index (κ2) is 7.48. The van der Waals surface area contributed by atoms with E-state index in [1.54, 1.807) is 0 Å². The molecule has 0 amide bonds. The van der Waals surface area contributed by atoms with Crippen LogP contribution in [0.2, 0.25) is 0 Å². The number of ketones is 2. The van der Waals surface area contributed by atoms with Crippen molar-refractivity contribution in [2.75, 3.05) is 6.26 Å². The van der Waals surface area contributed by atoms with Crippen molar-refractivity contribution in [3.8, 4) is 6.07 Å². The van der Waals surface area contributed by atoms with E-state index in [0.29, 0.717) is 17.5 Å². The molecule has 0 heterocycles. The van der Waals surface area contributed by atoms with Gasteiger partial charge in [0, 0.05) is 23.8 Å². The zero-order chi connectivity index (χ0) is 21.5. The number of nitrogens with zero attached hydrogens (tertiary/aromatic N) is 1. The third-order valence-corrected chi connectivity index (χ3v) is 6.12. The van der Waals surface area contributed by atoms with Crippen LogP contribution in [0.25, 0.3) is 0 Å². The Morgan fingerprint density at radius 3 is 2.55 bits per heavy atom. The number of carbonyl (C=O) groups excluding carboxylic acids is 2. The molecule has 8 heteroatoms. The van der Waals surface area contributed by atoms with Crippen LogP contribution in [-0.4, -0.2) is 32.4 Å². The SMILES string of the molecule is CC(F)C(=O)c1cc(F)cc(C#N)c1Cc1ccc(S(C)(=O)=O)c2c1CCC2=O. The average Bonchev–Trinajstić information content (AvgIpc) is 3.03. The molecule has 0 N–H and O–H groups in total. The van der Waals surface area contributed by atoms with Crippen molar-refractivity contribution in [3.05, 3.63) is 63.5 Å². The van der Waals surface area contributed by atoms with Crippen LogP contribution in [0.5, 0.6) is 0 Å². The van der Waals surface area contributed by atoms with E-state index in [-0.39, 0.29) is 45.8 Å². The minimum Gasteiger partial charge on any atom is -0.294 e. The molecule has 5 nitrogen and oxygen atoms in total. The summed E-state index contributed by atoms with van der Waals surface area (Å²) in [6.45, 7) is 1.03. The minimum absolute atomic E-state index is 0.0311. The number of alkyl halides is 1. The summed E-state index contributed by atoms with van der Waals surface area (Å²) in [6.07, 6.45) is -0.436. The van der Waals surface area contributed by atoms with Gasteiger partial charge in [-0.15, -0.1) is 0 Å². The fourth-order valence-corrected chi connectivity index (χ4v) is 4.57. The number of Topliss-reactive ketones (excluding diaryl/α,β-unsaturated/α-hetero) is 2. The molecular weight excluding hydrogens is 400 g/mol. The van der Waals surface area contributed by atoms with Crippen molar-refractivity contribution in [1.82, 2.24) is 0 Å². The van der Waals surface area contributed by atoms with Crippen LogP contribution in [0.15, 0.2) is 29.2 Å². The van der Waals surface area contributed by atoms with Gasteiger partial charge >= 0.3 is 0 Å². The van der Waals surface area contributed by atoms with Gasteiger partial charge in [0.05, 0.1) is 16.5 Å². The largest absolute Gasteiger partial charge is 0.294 e. The van der Waals surface area contributed by atoms with Crippen molar-refractivity contribution < 1.29 is 26.8 Å². The lowest BCUT2D eigenvalue weighted by molar-refractivity contribution is 0.0891. The summed E-state index contributed by atoms with van der Waals surface area (Å²) < 4.78 is 51.6. The van der Waals surface area contributed by atoms with Gasteiger partial charge in [0.1, 0.15) is 5.82 Å². The monoisotopic (exact) mass is 417 g/mol. The molecule has 1 unspecified atom stereocenters. The van der Waals surface area contributed by atoms with Crippen molar-refractivity contribution in [3.63, 3.8) is 0 Å². The van der Waals surface area contributed by atoms with Gasteiger partial charge < -0.3 is 0 Å². The number of nitriles is 1. The molecule has 0 radical (unpaired) electrons. The normalized spacial score (nSPS) is 14.4. The first-order valence-electron chi connectivity index (χ1n) is 8.83. The highest BCUT2D eigenvalue weighted by molar-refractivity contribution is 7.90. The van der Waals surface area contributed by atoms with Gasteiger partial charge in [-0.1, -0.05) is 6.07 Å². The van der Waals surface area contributed by atoms with E-state index in [0.717, 1.165) is 25.3 Å². The summed E-state index contributed by atoms with van der Waals surface area (Å²) in [4.78, 5) is 24.5. The smallest absolute Gasteiger partial charge is 0.197 e. The molecule has 0 saturated carbocycles. The first kappa shape index (κ1) is 20.8. The predicted molar refractivity (Wildman–Crippen MR) is 101 cm³/mol. The van der Waals surface area contributed by atoms with Gasteiger partial charge in [0.25, 0.3) is 0 Å². The zero-order valence-electron chi connectivity index (χ0n) is 15.8. The number of carbonyl (C=O) groups is 2. The van der Waals surface area contributed by atoms with Crippen LogP contribution >= 0.6 is 0 Å². The number of benzene rings is 2. The van der Waals surface area contributed by atoms with E-state index >= 15 is 0 Å². The molecule has 0 aliphatic heterocycles. The van der Waals surface area contributed by atoms with Crippen molar-refractivity contribution in [1.29, 1.82) is 5.26 Å². The highest BCUT2D eigenvalue weighted by Gasteiger charge is 2.30. The van der Waals surface area contributed by atoms with Gasteiger partial charge in [-0.3, -0.25) is 9.59 Å². The highest BCUT2D eigenvalue weighted by atomic mass is 32.2. The lowest BCUT2D eigenvalue weighted by atomic mass is 9.89. The highest BCUT2D eigenvalue weighted by Crippen LogP contribution is 2.33. The standard InChI is InChI=1S/C21H17F2NO4S/c1-11(22)21(26)17-9-14(23)7-13(10-24)16(17)8-12-3-6-19(29(2,27)28)20-15(12)4-5-18(20)25/h3,6-7,9,11H,4-5,8H2,1-2H3. The Balaban J connectivity index is 2.21. The van der Waals surface area contributed by atoms with Crippen LogP contribution in [0.3, 0.4) is 0 Å². The molecule has 2 aromatic rings. The van der Waals surface area contributed by atoms with Gasteiger partial charge in [-0.25, -0.2) is 17.2 Å². The fraction of sp³-hybridized carbons (Fsp3) is 0.286. The molecule has 1 atom stereocenters. The number of fused-ring (bicyclic) bond motifs is 1. The van der Waals surface area contributed by atoms with Crippen molar-refractivity contribution >= 4 is 21.4 Å². The first-order valence-corrected chi connectivity index (χ1v) is 10.7. The number of hydrogen-bond acceptors (Lipinski definition) is 5. The second-order valence-electron chi connectivity index (χ2n) is 7.02. The van der Waals surface area contributed by atoms with Crippen molar-refractivity contribution in [2.45, 2.75) is 37.3 Å². The molecule has 0 fully saturated rings. The third kappa shape index (κ3) is 3.83.